The molecule has 138 valence electrons. The van der Waals surface area contributed by atoms with Gasteiger partial charge in [0.1, 0.15) is 4.32 Å². The molecule has 3 rings (SSSR count). The van der Waals surface area contributed by atoms with Crippen LogP contribution in [0.3, 0.4) is 0 Å². The molecule has 0 bridgehead atoms. The van der Waals surface area contributed by atoms with E-state index in [1.54, 1.807) is 0 Å². The first kappa shape index (κ1) is 18.9. The monoisotopic (exact) mass is 390 g/mol. The molecular formula is C19H22N2O3S2. The minimum Gasteiger partial charge on any atom is -0.481 e. The molecule has 7 heteroatoms. The summed E-state index contributed by atoms with van der Waals surface area (Å²) >= 11 is 6.55. The number of carboxylic acid groups (broad SMARTS) is 1. The summed E-state index contributed by atoms with van der Waals surface area (Å²) in [5, 5.41) is 8.73. The molecule has 1 aromatic rings. The van der Waals surface area contributed by atoms with Gasteiger partial charge in [0.25, 0.3) is 5.91 Å². The highest BCUT2D eigenvalue weighted by atomic mass is 32.2. The zero-order valence-electron chi connectivity index (χ0n) is 14.5. The number of hydrogen-bond acceptors (Lipinski definition) is 5. The van der Waals surface area contributed by atoms with E-state index in [4.69, 9.17) is 17.3 Å². The summed E-state index contributed by atoms with van der Waals surface area (Å²) in [5.74, 6) is -0.995. The molecule has 0 atom stereocenters. The molecule has 0 radical (unpaired) electrons. The van der Waals surface area contributed by atoms with E-state index < -0.39 is 5.97 Å². The second-order valence-electron chi connectivity index (χ2n) is 6.47. The number of piperidine rings is 1. The van der Waals surface area contributed by atoms with E-state index in [2.05, 4.69) is 17.0 Å². The first-order valence-electron chi connectivity index (χ1n) is 8.87. The summed E-state index contributed by atoms with van der Waals surface area (Å²) in [6.07, 6.45) is 6.09. The third kappa shape index (κ3) is 4.65. The van der Waals surface area contributed by atoms with Crippen LogP contribution in [0.25, 0.3) is 6.08 Å². The number of hydrogen-bond donors (Lipinski definition) is 1. The minimum absolute atomic E-state index is 0.0358. The molecule has 5 nitrogen and oxygen atoms in total. The molecule has 1 aromatic carbocycles. The van der Waals surface area contributed by atoms with Crippen LogP contribution in [0.15, 0.2) is 29.2 Å². The van der Waals surface area contributed by atoms with Crippen LogP contribution in [0.4, 0.5) is 5.69 Å². The van der Waals surface area contributed by atoms with E-state index in [1.165, 1.54) is 41.6 Å². The van der Waals surface area contributed by atoms with Gasteiger partial charge < -0.3 is 10.0 Å². The summed E-state index contributed by atoms with van der Waals surface area (Å²) in [5.41, 5.74) is 2.19. The van der Waals surface area contributed by atoms with Crippen molar-refractivity contribution in [1.82, 2.24) is 4.90 Å². The van der Waals surface area contributed by atoms with Gasteiger partial charge in [-0.3, -0.25) is 14.5 Å². The highest BCUT2D eigenvalue weighted by Crippen LogP contribution is 2.33. The number of nitrogens with zero attached hydrogens (tertiary/aromatic N) is 2. The van der Waals surface area contributed by atoms with E-state index in [0.717, 1.165) is 18.7 Å². The first-order valence-corrected chi connectivity index (χ1v) is 10.1. The number of amides is 1. The molecule has 2 saturated heterocycles. The Morgan fingerprint density at radius 2 is 1.88 bits per heavy atom. The number of rotatable bonds is 6. The quantitative estimate of drug-likeness (QED) is 0.590. The Bertz CT molecular complexity index is 725. The summed E-state index contributed by atoms with van der Waals surface area (Å²) in [4.78, 5) is 27.6. The van der Waals surface area contributed by atoms with E-state index in [9.17, 15) is 9.59 Å². The molecule has 1 amide bonds. The SMILES string of the molecule is O=C(O)CCCN1C(=O)/C(=C\c2ccc(N3CCCCC3)cc2)SC1=S. The van der Waals surface area contributed by atoms with Gasteiger partial charge in [-0.05, 0) is 49.5 Å². The number of thiocarbonyl (C=S) groups is 1. The van der Waals surface area contributed by atoms with Gasteiger partial charge in [0.15, 0.2) is 0 Å². The van der Waals surface area contributed by atoms with Crippen molar-refractivity contribution >= 4 is 51.9 Å². The third-order valence-electron chi connectivity index (χ3n) is 4.56. The lowest BCUT2D eigenvalue weighted by Gasteiger charge is -2.28. The Balaban J connectivity index is 1.64. The predicted octanol–water partition coefficient (Wildman–Crippen LogP) is 3.74. The van der Waals surface area contributed by atoms with Crippen LogP contribution in [0, 0.1) is 0 Å². The lowest BCUT2D eigenvalue weighted by Crippen LogP contribution is -2.29. The average molecular weight is 391 g/mol. The van der Waals surface area contributed by atoms with Crippen molar-refractivity contribution in [2.45, 2.75) is 32.1 Å². The van der Waals surface area contributed by atoms with Crippen molar-refractivity contribution in [3.63, 3.8) is 0 Å². The predicted molar refractivity (Wildman–Crippen MR) is 109 cm³/mol. The van der Waals surface area contributed by atoms with Crippen LogP contribution in [0.1, 0.15) is 37.7 Å². The maximum atomic E-state index is 12.5. The van der Waals surface area contributed by atoms with Crippen molar-refractivity contribution in [3.05, 3.63) is 34.7 Å². The molecule has 0 saturated carbocycles. The molecule has 2 fully saturated rings. The molecule has 0 unspecified atom stereocenters. The lowest BCUT2D eigenvalue weighted by molar-refractivity contribution is -0.137. The molecule has 26 heavy (non-hydrogen) atoms. The number of aliphatic carboxylic acids is 1. The molecule has 0 aromatic heterocycles. The van der Waals surface area contributed by atoms with Crippen LogP contribution in [-0.4, -0.2) is 45.8 Å². The van der Waals surface area contributed by atoms with Crippen molar-refractivity contribution in [2.75, 3.05) is 24.5 Å². The number of carbonyl (C=O) groups excluding carboxylic acids is 1. The van der Waals surface area contributed by atoms with Crippen molar-refractivity contribution in [3.8, 4) is 0 Å². The summed E-state index contributed by atoms with van der Waals surface area (Å²) in [6.45, 7) is 2.56. The van der Waals surface area contributed by atoms with Crippen molar-refractivity contribution in [1.29, 1.82) is 0 Å². The zero-order chi connectivity index (χ0) is 18.5. The van der Waals surface area contributed by atoms with Crippen LogP contribution in [0.2, 0.25) is 0 Å². The Morgan fingerprint density at radius 3 is 2.54 bits per heavy atom. The fourth-order valence-electron chi connectivity index (χ4n) is 3.17. The van der Waals surface area contributed by atoms with Gasteiger partial charge in [-0.1, -0.05) is 36.1 Å². The van der Waals surface area contributed by atoms with Gasteiger partial charge >= 0.3 is 5.97 Å². The lowest BCUT2D eigenvalue weighted by atomic mass is 10.1. The van der Waals surface area contributed by atoms with E-state index in [-0.39, 0.29) is 12.3 Å². The Labute approximate surface area is 163 Å². The molecule has 2 heterocycles. The van der Waals surface area contributed by atoms with E-state index in [0.29, 0.717) is 22.2 Å². The van der Waals surface area contributed by atoms with Crippen molar-refractivity contribution < 1.29 is 14.7 Å². The minimum atomic E-state index is -0.861. The fraction of sp³-hybridized carbons (Fsp3) is 0.421. The normalized spacial score (nSPS) is 19.5. The molecule has 2 aliphatic rings. The van der Waals surface area contributed by atoms with Crippen LogP contribution in [0.5, 0.6) is 0 Å². The van der Waals surface area contributed by atoms with Crippen LogP contribution in [-0.2, 0) is 9.59 Å². The average Bonchev–Trinajstić information content (AvgIpc) is 2.90. The molecule has 0 aliphatic carbocycles. The van der Waals surface area contributed by atoms with Gasteiger partial charge in [0.2, 0.25) is 0 Å². The number of carboxylic acids is 1. The second kappa shape index (κ2) is 8.68. The fourth-order valence-corrected chi connectivity index (χ4v) is 4.47. The number of benzene rings is 1. The third-order valence-corrected chi connectivity index (χ3v) is 5.94. The topological polar surface area (TPSA) is 60.9 Å². The Morgan fingerprint density at radius 1 is 1.19 bits per heavy atom. The van der Waals surface area contributed by atoms with Gasteiger partial charge in [-0.25, -0.2) is 0 Å². The molecule has 1 N–H and O–H groups in total. The summed E-state index contributed by atoms with van der Waals surface area (Å²) < 4.78 is 0.497. The smallest absolute Gasteiger partial charge is 0.303 e. The van der Waals surface area contributed by atoms with Gasteiger partial charge in [-0.15, -0.1) is 0 Å². The first-order chi connectivity index (χ1) is 12.5. The van der Waals surface area contributed by atoms with Gasteiger partial charge in [0, 0.05) is 31.7 Å². The Kier molecular flexibility index (Phi) is 6.32. The maximum Gasteiger partial charge on any atom is 0.303 e. The maximum absolute atomic E-state index is 12.5. The van der Waals surface area contributed by atoms with Crippen LogP contribution >= 0.6 is 24.0 Å². The summed E-state index contributed by atoms with van der Waals surface area (Å²) in [6, 6.07) is 8.26. The largest absolute Gasteiger partial charge is 0.481 e. The van der Waals surface area contributed by atoms with Crippen molar-refractivity contribution in [2.24, 2.45) is 0 Å². The molecule has 0 spiro atoms. The summed E-state index contributed by atoms with van der Waals surface area (Å²) in [7, 11) is 0. The zero-order valence-corrected chi connectivity index (χ0v) is 16.2. The standard InChI is InChI=1S/C19H22N2O3S2/c22-17(23)5-4-12-21-18(24)16(26-19(21)25)13-14-6-8-15(9-7-14)20-10-2-1-3-11-20/h6-9,13H,1-5,10-12H2,(H,22,23)/b16-13+. The van der Waals surface area contributed by atoms with Gasteiger partial charge in [0.05, 0.1) is 4.91 Å². The van der Waals surface area contributed by atoms with Crippen LogP contribution < -0.4 is 4.90 Å². The highest BCUT2D eigenvalue weighted by molar-refractivity contribution is 8.26. The number of thioether (sulfide) groups is 1. The van der Waals surface area contributed by atoms with Gasteiger partial charge in [-0.2, -0.15) is 0 Å². The van der Waals surface area contributed by atoms with E-state index >= 15 is 0 Å². The second-order valence-corrected chi connectivity index (χ2v) is 8.15. The Hall–Kier alpha value is -1.86. The number of carbonyl (C=O) groups is 2. The van der Waals surface area contributed by atoms with E-state index in [1.807, 2.05) is 18.2 Å². The molecular weight excluding hydrogens is 368 g/mol. The number of anilines is 1. The highest BCUT2D eigenvalue weighted by Gasteiger charge is 2.31. The molecule has 2 aliphatic heterocycles.